The van der Waals surface area contributed by atoms with E-state index in [-0.39, 0.29) is 11.7 Å². The van der Waals surface area contributed by atoms with E-state index >= 15 is 0 Å². The third kappa shape index (κ3) is 4.62. The van der Waals surface area contributed by atoms with Crippen molar-refractivity contribution in [3.8, 4) is 0 Å². The first kappa shape index (κ1) is 20.1. The third-order valence-corrected chi connectivity index (χ3v) is 5.90. The van der Waals surface area contributed by atoms with Gasteiger partial charge in [-0.1, -0.05) is 29.3 Å². The molecule has 0 spiro atoms. The van der Waals surface area contributed by atoms with E-state index in [0.717, 1.165) is 11.4 Å². The Labute approximate surface area is 168 Å². The maximum atomic E-state index is 13.9. The lowest BCUT2D eigenvalue weighted by Gasteiger charge is -2.35. The Hall–Kier alpha value is -1.63. The number of amides is 1. The van der Waals surface area contributed by atoms with Crippen LogP contribution in [0.25, 0.3) is 0 Å². The van der Waals surface area contributed by atoms with Gasteiger partial charge in [-0.25, -0.2) is 4.39 Å². The Morgan fingerprint density at radius 1 is 1.19 bits per heavy atom. The summed E-state index contributed by atoms with van der Waals surface area (Å²) in [6.07, 6.45) is 0.386. The molecule has 2 aromatic rings. The minimum Gasteiger partial charge on any atom is -0.340 e. The maximum Gasteiger partial charge on any atom is 0.224 e. The van der Waals surface area contributed by atoms with Gasteiger partial charge < -0.3 is 4.90 Å². The smallest absolute Gasteiger partial charge is 0.224 e. The van der Waals surface area contributed by atoms with Crippen LogP contribution in [0.2, 0.25) is 10.0 Å². The van der Waals surface area contributed by atoms with Gasteiger partial charge >= 0.3 is 0 Å². The fraction of sp³-hybridized carbons (Fsp3) is 0.474. The van der Waals surface area contributed by atoms with Gasteiger partial charge in [-0.2, -0.15) is 5.10 Å². The van der Waals surface area contributed by atoms with E-state index in [1.165, 1.54) is 6.07 Å². The number of piperazine rings is 1. The maximum absolute atomic E-state index is 13.9. The summed E-state index contributed by atoms with van der Waals surface area (Å²) in [5.74, 6) is -0.188. The van der Waals surface area contributed by atoms with E-state index in [1.807, 2.05) is 18.7 Å². The summed E-state index contributed by atoms with van der Waals surface area (Å²) in [5.41, 5.74) is 2.18. The highest BCUT2D eigenvalue weighted by atomic mass is 35.5. The molecular formula is C19H23Cl2FN4O. The highest BCUT2D eigenvalue weighted by Gasteiger charge is 2.22. The van der Waals surface area contributed by atoms with Gasteiger partial charge in [0.2, 0.25) is 5.91 Å². The Morgan fingerprint density at radius 3 is 2.48 bits per heavy atom. The molecule has 146 valence electrons. The number of halogens is 3. The molecule has 8 heteroatoms. The third-order valence-electron chi connectivity index (χ3n) is 5.00. The van der Waals surface area contributed by atoms with Crippen LogP contribution in [0.3, 0.4) is 0 Å². The van der Waals surface area contributed by atoms with Gasteiger partial charge in [-0.05, 0) is 26.0 Å². The Morgan fingerprint density at radius 2 is 1.89 bits per heavy atom. The lowest BCUT2D eigenvalue weighted by atomic mass is 10.1. The number of aromatic nitrogens is 2. The number of rotatable bonds is 5. The van der Waals surface area contributed by atoms with Crippen LogP contribution in [0, 0.1) is 19.7 Å². The number of hydrogen-bond acceptors (Lipinski definition) is 3. The van der Waals surface area contributed by atoms with E-state index in [0.29, 0.717) is 61.3 Å². The quantitative estimate of drug-likeness (QED) is 0.751. The summed E-state index contributed by atoms with van der Waals surface area (Å²) < 4.78 is 15.7. The summed E-state index contributed by atoms with van der Waals surface area (Å²) in [4.78, 5) is 16.5. The zero-order valence-electron chi connectivity index (χ0n) is 15.5. The average molecular weight is 413 g/mol. The van der Waals surface area contributed by atoms with Gasteiger partial charge in [0.1, 0.15) is 5.82 Å². The van der Waals surface area contributed by atoms with Crippen LogP contribution in [0.5, 0.6) is 0 Å². The SMILES string of the molecule is Cc1nn(CCC(=O)N2CCN(Cc3c(F)cccc3Cl)CC2)c(C)c1Cl. The van der Waals surface area contributed by atoms with Crippen molar-refractivity contribution in [1.29, 1.82) is 0 Å². The van der Waals surface area contributed by atoms with Crippen molar-refractivity contribution in [3.05, 3.63) is 51.0 Å². The van der Waals surface area contributed by atoms with Crippen LogP contribution < -0.4 is 0 Å². The molecule has 1 amide bonds. The van der Waals surface area contributed by atoms with Gasteiger partial charge in [0, 0.05) is 49.7 Å². The van der Waals surface area contributed by atoms with Crippen LogP contribution in [-0.4, -0.2) is 51.7 Å². The van der Waals surface area contributed by atoms with E-state index in [1.54, 1.807) is 16.8 Å². The summed E-state index contributed by atoms with van der Waals surface area (Å²) in [7, 11) is 0. The largest absolute Gasteiger partial charge is 0.340 e. The number of aryl methyl sites for hydroxylation is 2. The van der Waals surface area contributed by atoms with E-state index in [9.17, 15) is 9.18 Å². The first-order valence-corrected chi connectivity index (χ1v) is 9.75. The van der Waals surface area contributed by atoms with E-state index in [2.05, 4.69) is 10.00 Å². The van der Waals surface area contributed by atoms with Crippen molar-refractivity contribution >= 4 is 29.1 Å². The molecule has 5 nitrogen and oxygen atoms in total. The highest BCUT2D eigenvalue weighted by molar-refractivity contribution is 6.32. The first-order chi connectivity index (χ1) is 12.9. The fourth-order valence-corrected chi connectivity index (χ4v) is 3.67. The second-order valence-electron chi connectivity index (χ2n) is 6.82. The number of carbonyl (C=O) groups excluding carboxylic acids is 1. The predicted octanol–water partition coefficient (Wildman–Crippen LogP) is 3.68. The minimum absolute atomic E-state index is 0.0993. The molecular weight excluding hydrogens is 390 g/mol. The summed E-state index contributed by atoms with van der Waals surface area (Å²) in [6.45, 7) is 7.38. The van der Waals surface area contributed by atoms with Crippen molar-refractivity contribution in [3.63, 3.8) is 0 Å². The molecule has 3 rings (SSSR count). The second kappa shape index (κ2) is 8.59. The van der Waals surface area contributed by atoms with Crippen molar-refractivity contribution in [2.24, 2.45) is 0 Å². The zero-order chi connectivity index (χ0) is 19.6. The molecule has 1 aliphatic rings. The molecule has 2 heterocycles. The molecule has 1 aliphatic heterocycles. The topological polar surface area (TPSA) is 41.4 Å². The lowest BCUT2D eigenvalue weighted by molar-refractivity contribution is -0.133. The number of nitrogens with zero attached hydrogens (tertiary/aromatic N) is 4. The van der Waals surface area contributed by atoms with Gasteiger partial charge in [0.15, 0.2) is 0 Å². The standard InChI is InChI=1S/C19H23Cl2FN4O/c1-13-19(21)14(2)26(23-13)7-6-18(27)25-10-8-24(9-11-25)12-15-16(20)4-3-5-17(15)22/h3-5H,6-12H2,1-2H3. The normalized spacial score (nSPS) is 15.4. The van der Waals surface area contributed by atoms with Crippen LogP contribution in [0.1, 0.15) is 23.4 Å². The Kier molecular flexibility index (Phi) is 6.40. The fourth-order valence-electron chi connectivity index (χ4n) is 3.31. The van der Waals surface area contributed by atoms with Gasteiger partial charge in [-0.15, -0.1) is 0 Å². The highest BCUT2D eigenvalue weighted by Crippen LogP contribution is 2.22. The van der Waals surface area contributed by atoms with Crippen molar-refractivity contribution in [2.45, 2.75) is 33.4 Å². The molecule has 0 radical (unpaired) electrons. The summed E-state index contributed by atoms with van der Waals surface area (Å²) >= 11 is 12.3. The number of carbonyl (C=O) groups is 1. The molecule has 0 bridgehead atoms. The molecule has 1 aromatic heterocycles. The zero-order valence-corrected chi connectivity index (χ0v) is 17.0. The summed E-state index contributed by atoms with van der Waals surface area (Å²) in [6, 6.07) is 4.73. The predicted molar refractivity (Wildman–Crippen MR) is 105 cm³/mol. The van der Waals surface area contributed by atoms with Crippen LogP contribution in [0.4, 0.5) is 4.39 Å². The Bertz CT molecular complexity index is 811. The van der Waals surface area contributed by atoms with E-state index < -0.39 is 0 Å². The van der Waals surface area contributed by atoms with Gasteiger partial charge in [-0.3, -0.25) is 14.4 Å². The number of benzene rings is 1. The molecule has 1 fully saturated rings. The molecule has 1 aromatic carbocycles. The molecule has 0 saturated carbocycles. The second-order valence-corrected chi connectivity index (χ2v) is 7.60. The molecule has 0 aliphatic carbocycles. The van der Waals surface area contributed by atoms with Crippen molar-refractivity contribution in [1.82, 2.24) is 19.6 Å². The van der Waals surface area contributed by atoms with Gasteiger partial charge in [0.25, 0.3) is 0 Å². The summed E-state index contributed by atoms with van der Waals surface area (Å²) in [5, 5.41) is 5.46. The van der Waals surface area contributed by atoms with Crippen LogP contribution >= 0.6 is 23.2 Å². The van der Waals surface area contributed by atoms with E-state index in [4.69, 9.17) is 23.2 Å². The monoisotopic (exact) mass is 412 g/mol. The molecule has 0 atom stereocenters. The first-order valence-electron chi connectivity index (χ1n) is 8.99. The van der Waals surface area contributed by atoms with Gasteiger partial charge in [0.05, 0.1) is 23.0 Å². The number of hydrogen-bond donors (Lipinski definition) is 0. The van der Waals surface area contributed by atoms with Crippen molar-refractivity contribution < 1.29 is 9.18 Å². The van der Waals surface area contributed by atoms with Crippen LogP contribution in [-0.2, 0) is 17.9 Å². The minimum atomic E-state index is -0.287. The van der Waals surface area contributed by atoms with Crippen molar-refractivity contribution in [2.75, 3.05) is 26.2 Å². The molecule has 27 heavy (non-hydrogen) atoms. The molecule has 0 N–H and O–H groups in total. The molecule has 1 saturated heterocycles. The van der Waals surface area contributed by atoms with Crippen LogP contribution in [0.15, 0.2) is 18.2 Å². The molecule has 0 unspecified atom stereocenters. The average Bonchev–Trinajstić information content (AvgIpc) is 2.90. The lowest BCUT2D eigenvalue weighted by Crippen LogP contribution is -2.48. The Balaban J connectivity index is 1.50.